The number of benzene rings is 2. The van der Waals surface area contributed by atoms with Crippen molar-refractivity contribution in [1.29, 1.82) is 0 Å². The van der Waals surface area contributed by atoms with Crippen LogP contribution in [0.1, 0.15) is 21.6 Å². The van der Waals surface area contributed by atoms with Gasteiger partial charge in [0.05, 0.1) is 16.0 Å². The van der Waals surface area contributed by atoms with E-state index in [0.29, 0.717) is 18.7 Å². The molecule has 150 valence electrons. The average molecular weight is 410 g/mol. The molecule has 0 atom stereocenters. The second-order valence-corrected chi connectivity index (χ2v) is 9.28. The van der Waals surface area contributed by atoms with Crippen LogP contribution in [-0.4, -0.2) is 54.7 Å². The molecule has 0 radical (unpaired) electrons. The quantitative estimate of drug-likeness (QED) is 0.667. The maximum Gasteiger partial charge on any atom is 0.254 e. The Morgan fingerprint density at radius 1 is 0.931 bits per heavy atom. The number of nitrogens with zero attached hydrogens (tertiary/aromatic N) is 3. The zero-order chi connectivity index (χ0) is 20.6. The van der Waals surface area contributed by atoms with Gasteiger partial charge >= 0.3 is 0 Å². The summed E-state index contributed by atoms with van der Waals surface area (Å²) in [5.41, 5.74) is 3.27. The molecule has 1 aromatic heterocycles. The van der Waals surface area contributed by atoms with Gasteiger partial charge in [0, 0.05) is 37.3 Å². The van der Waals surface area contributed by atoms with Crippen LogP contribution in [0, 0.1) is 13.8 Å². The normalized spacial score (nSPS) is 15.6. The molecular weight excluding hydrogens is 386 g/mol. The summed E-state index contributed by atoms with van der Waals surface area (Å²) in [6.07, 6.45) is 0. The lowest BCUT2D eigenvalue weighted by Crippen LogP contribution is -2.50. The third kappa shape index (κ3) is 3.75. The van der Waals surface area contributed by atoms with E-state index < -0.39 is 10.0 Å². The van der Waals surface area contributed by atoms with Gasteiger partial charge in [0.2, 0.25) is 10.0 Å². The number of fused-ring (bicyclic) bond motifs is 1. The molecule has 1 fully saturated rings. The summed E-state index contributed by atoms with van der Waals surface area (Å²) in [6.45, 7) is 5.15. The Morgan fingerprint density at radius 3 is 2.31 bits per heavy atom. The Bertz CT molecular complexity index is 1170. The number of aromatic nitrogens is 1. The van der Waals surface area contributed by atoms with Gasteiger partial charge in [-0.05, 0) is 44.2 Å². The molecule has 29 heavy (non-hydrogen) atoms. The maximum atomic E-state index is 13.2. The van der Waals surface area contributed by atoms with Crippen molar-refractivity contribution in [2.45, 2.75) is 18.7 Å². The molecule has 6 nitrogen and oxygen atoms in total. The number of amides is 1. The summed E-state index contributed by atoms with van der Waals surface area (Å²) >= 11 is 0. The number of carbonyl (C=O) groups excluding carboxylic acids is 1. The van der Waals surface area contributed by atoms with Crippen LogP contribution < -0.4 is 0 Å². The second kappa shape index (κ2) is 7.57. The molecule has 1 saturated heterocycles. The molecule has 7 heteroatoms. The van der Waals surface area contributed by atoms with E-state index in [1.54, 1.807) is 35.2 Å². The number of aryl methyl sites for hydroxylation is 2. The van der Waals surface area contributed by atoms with E-state index in [1.165, 1.54) is 4.31 Å². The number of rotatable bonds is 3. The third-order valence-electron chi connectivity index (χ3n) is 5.23. The molecule has 1 aliphatic heterocycles. The molecule has 0 N–H and O–H groups in total. The molecule has 2 aromatic carbocycles. The number of piperazine rings is 1. The van der Waals surface area contributed by atoms with Crippen molar-refractivity contribution < 1.29 is 13.2 Å². The molecule has 0 saturated carbocycles. The lowest BCUT2D eigenvalue weighted by atomic mass is 10.0. The zero-order valence-corrected chi connectivity index (χ0v) is 17.3. The summed E-state index contributed by atoms with van der Waals surface area (Å²) < 4.78 is 27.1. The molecule has 0 bridgehead atoms. The molecule has 0 spiro atoms. The third-order valence-corrected chi connectivity index (χ3v) is 7.14. The number of hydrogen-bond acceptors (Lipinski definition) is 4. The minimum Gasteiger partial charge on any atom is -0.336 e. The summed E-state index contributed by atoms with van der Waals surface area (Å²) in [4.78, 5) is 19.8. The summed E-state index contributed by atoms with van der Waals surface area (Å²) in [6, 6.07) is 16.1. The van der Waals surface area contributed by atoms with Crippen molar-refractivity contribution in [3.8, 4) is 0 Å². The Kier molecular flexibility index (Phi) is 5.10. The van der Waals surface area contributed by atoms with Crippen molar-refractivity contribution in [2.75, 3.05) is 26.2 Å². The SMILES string of the molecule is Cc1ccc2nc(C)cc(C(=O)N3CCN(S(=O)(=O)c4ccccc4)CC3)c2c1. The van der Waals surface area contributed by atoms with Crippen molar-refractivity contribution >= 4 is 26.8 Å². The van der Waals surface area contributed by atoms with Gasteiger partial charge in [-0.3, -0.25) is 9.78 Å². The minimum absolute atomic E-state index is 0.0807. The fourth-order valence-electron chi connectivity index (χ4n) is 3.69. The van der Waals surface area contributed by atoms with Crippen LogP contribution in [0.25, 0.3) is 10.9 Å². The van der Waals surface area contributed by atoms with Gasteiger partial charge in [-0.25, -0.2) is 8.42 Å². The van der Waals surface area contributed by atoms with E-state index in [2.05, 4.69) is 4.98 Å². The highest BCUT2D eigenvalue weighted by atomic mass is 32.2. The van der Waals surface area contributed by atoms with Crippen LogP contribution in [-0.2, 0) is 10.0 Å². The zero-order valence-electron chi connectivity index (χ0n) is 16.5. The van der Waals surface area contributed by atoms with Crippen molar-refractivity contribution in [3.05, 3.63) is 71.4 Å². The van der Waals surface area contributed by atoms with Gasteiger partial charge in [0.15, 0.2) is 0 Å². The van der Waals surface area contributed by atoms with Crippen LogP contribution in [0.4, 0.5) is 0 Å². The number of sulfonamides is 1. The fourth-order valence-corrected chi connectivity index (χ4v) is 5.14. The number of hydrogen-bond donors (Lipinski definition) is 0. The maximum absolute atomic E-state index is 13.2. The predicted molar refractivity (Wildman–Crippen MR) is 112 cm³/mol. The lowest BCUT2D eigenvalue weighted by Gasteiger charge is -2.34. The largest absolute Gasteiger partial charge is 0.336 e. The highest BCUT2D eigenvalue weighted by Crippen LogP contribution is 2.23. The van der Waals surface area contributed by atoms with E-state index in [1.807, 2.05) is 38.1 Å². The van der Waals surface area contributed by atoms with Crippen LogP contribution in [0.3, 0.4) is 0 Å². The average Bonchev–Trinajstić information content (AvgIpc) is 2.73. The van der Waals surface area contributed by atoms with Gasteiger partial charge in [-0.1, -0.05) is 29.8 Å². The van der Waals surface area contributed by atoms with Crippen molar-refractivity contribution in [2.24, 2.45) is 0 Å². The van der Waals surface area contributed by atoms with E-state index >= 15 is 0 Å². The molecule has 3 aromatic rings. The highest BCUT2D eigenvalue weighted by molar-refractivity contribution is 7.89. The van der Waals surface area contributed by atoms with Crippen LogP contribution >= 0.6 is 0 Å². The molecule has 2 heterocycles. The Morgan fingerprint density at radius 2 is 1.62 bits per heavy atom. The first kappa shape index (κ1) is 19.5. The molecule has 0 aliphatic carbocycles. The number of carbonyl (C=O) groups is 1. The van der Waals surface area contributed by atoms with Crippen molar-refractivity contribution in [3.63, 3.8) is 0 Å². The lowest BCUT2D eigenvalue weighted by molar-refractivity contribution is 0.0699. The van der Waals surface area contributed by atoms with Gasteiger partial charge < -0.3 is 4.90 Å². The predicted octanol–water partition coefficient (Wildman–Crippen LogP) is 3.00. The summed E-state index contributed by atoms with van der Waals surface area (Å²) in [5.74, 6) is -0.0807. The molecule has 1 amide bonds. The molecular formula is C22H23N3O3S. The van der Waals surface area contributed by atoms with Gasteiger partial charge in [-0.2, -0.15) is 4.31 Å². The topological polar surface area (TPSA) is 70.6 Å². The second-order valence-electron chi connectivity index (χ2n) is 7.34. The summed E-state index contributed by atoms with van der Waals surface area (Å²) in [7, 11) is -3.54. The van der Waals surface area contributed by atoms with E-state index in [0.717, 1.165) is 22.2 Å². The Balaban J connectivity index is 1.56. The molecule has 1 aliphatic rings. The van der Waals surface area contributed by atoms with Crippen LogP contribution in [0.15, 0.2) is 59.5 Å². The Hall–Kier alpha value is -2.77. The van der Waals surface area contributed by atoms with E-state index in [-0.39, 0.29) is 23.9 Å². The Labute approximate surface area is 170 Å². The van der Waals surface area contributed by atoms with E-state index in [9.17, 15) is 13.2 Å². The first-order valence-corrected chi connectivity index (χ1v) is 11.0. The van der Waals surface area contributed by atoms with Crippen molar-refractivity contribution in [1.82, 2.24) is 14.2 Å². The molecule has 4 rings (SSSR count). The van der Waals surface area contributed by atoms with Crippen LogP contribution in [0.5, 0.6) is 0 Å². The first-order chi connectivity index (χ1) is 13.9. The summed E-state index contributed by atoms with van der Waals surface area (Å²) in [5, 5.41) is 0.833. The van der Waals surface area contributed by atoms with Crippen LogP contribution in [0.2, 0.25) is 0 Å². The van der Waals surface area contributed by atoms with Gasteiger partial charge in [0.1, 0.15) is 0 Å². The van der Waals surface area contributed by atoms with Gasteiger partial charge in [0.25, 0.3) is 5.91 Å². The monoisotopic (exact) mass is 409 g/mol. The highest BCUT2D eigenvalue weighted by Gasteiger charge is 2.30. The van der Waals surface area contributed by atoms with Gasteiger partial charge in [-0.15, -0.1) is 0 Å². The smallest absolute Gasteiger partial charge is 0.254 e. The number of pyridine rings is 1. The minimum atomic E-state index is -3.54. The van der Waals surface area contributed by atoms with E-state index in [4.69, 9.17) is 0 Å². The standard InChI is InChI=1S/C22H23N3O3S/c1-16-8-9-21-19(14-16)20(15-17(2)23-21)22(26)24-10-12-25(13-11-24)29(27,28)18-6-4-3-5-7-18/h3-9,14-15H,10-13H2,1-2H3. The first-order valence-electron chi connectivity index (χ1n) is 9.59. The molecule has 0 unspecified atom stereocenters. The fraction of sp³-hybridized carbons (Fsp3) is 0.273.